The zero-order valence-corrected chi connectivity index (χ0v) is 18.7. The summed E-state index contributed by atoms with van der Waals surface area (Å²) < 4.78 is 5.22. The van der Waals surface area contributed by atoms with Crippen molar-refractivity contribution in [3.05, 3.63) is 46.3 Å². The molecule has 2 heterocycles. The van der Waals surface area contributed by atoms with Crippen LogP contribution in [0.3, 0.4) is 0 Å². The largest absolute Gasteiger partial charge is 0.497 e. The number of H-pyrrole nitrogens is 1. The summed E-state index contributed by atoms with van der Waals surface area (Å²) in [5.74, 6) is 0.171. The molecular weight excluding hydrogens is 396 g/mol. The fourth-order valence-electron chi connectivity index (χ4n) is 3.73. The van der Waals surface area contributed by atoms with Crippen LogP contribution >= 0.6 is 0 Å². The van der Waals surface area contributed by atoms with Gasteiger partial charge in [-0.1, -0.05) is 13.8 Å². The van der Waals surface area contributed by atoms with Gasteiger partial charge in [0.1, 0.15) is 5.75 Å². The number of aromatic nitrogens is 1. The van der Waals surface area contributed by atoms with Crippen LogP contribution in [0.1, 0.15) is 46.7 Å². The molecule has 0 aliphatic carbocycles. The maximum Gasteiger partial charge on any atom is 0.276 e. The average molecular weight is 427 g/mol. The molecule has 3 rings (SSSR count). The van der Waals surface area contributed by atoms with Gasteiger partial charge < -0.3 is 19.9 Å². The summed E-state index contributed by atoms with van der Waals surface area (Å²) in [6.45, 7) is 10.9. The molecule has 0 atom stereocenters. The first-order chi connectivity index (χ1) is 14.9. The van der Waals surface area contributed by atoms with Gasteiger partial charge in [-0.15, -0.1) is 0 Å². The molecule has 1 aromatic heterocycles. The minimum absolute atomic E-state index is 0.194. The Kier molecular flexibility index (Phi) is 7.14. The Hall–Kier alpha value is -3.10. The van der Waals surface area contributed by atoms with Gasteiger partial charge >= 0.3 is 0 Å². The topological polar surface area (TPSA) is 95.7 Å². The molecule has 2 amide bonds. The predicted molar refractivity (Wildman–Crippen MR) is 121 cm³/mol. The molecule has 0 bridgehead atoms. The van der Waals surface area contributed by atoms with Crippen molar-refractivity contribution < 1.29 is 19.2 Å². The second kappa shape index (κ2) is 9.80. The Labute approximate surface area is 182 Å². The lowest BCUT2D eigenvalue weighted by Crippen LogP contribution is -2.31. The van der Waals surface area contributed by atoms with Crippen LogP contribution in [0.4, 0.5) is 5.69 Å². The monoisotopic (exact) mass is 426 g/mol. The van der Waals surface area contributed by atoms with Crippen LogP contribution in [-0.2, 0) is 9.63 Å². The lowest BCUT2D eigenvalue weighted by atomic mass is 10.0. The SMILES string of the molecule is CCN(CC)CCONC(=O)c1c(C)[nH]c(/C=C2\C(=O)Nc3cc(OC)ccc32)c1C. The Morgan fingerprint density at radius 3 is 2.65 bits per heavy atom. The summed E-state index contributed by atoms with van der Waals surface area (Å²) >= 11 is 0. The highest BCUT2D eigenvalue weighted by molar-refractivity contribution is 6.35. The fraction of sp³-hybridized carbons (Fsp3) is 0.391. The van der Waals surface area contributed by atoms with E-state index in [1.165, 1.54) is 0 Å². The van der Waals surface area contributed by atoms with Crippen molar-refractivity contribution in [1.82, 2.24) is 15.4 Å². The number of hydrogen-bond donors (Lipinski definition) is 3. The van der Waals surface area contributed by atoms with E-state index in [1.54, 1.807) is 19.3 Å². The van der Waals surface area contributed by atoms with E-state index in [-0.39, 0.29) is 11.8 Å². The summed E-state index contributed by atoms with van der Waals surface area (Å²) in [5.41, 5.74) is 7.25. The Balaban J connectivity index is 1.76. The summed E-state index contributed by atoms with van der Waals surface area (Å²) in [7, 11) is 1.58. The number of aryl methyl sites for hydroxylation is 1. The third kappa shape index (κ3) is 4.81. The van der Waals surface area contributed by atoms with Crippen molar-refractivity contribution in [3.8, 4) is 5.75 Å². The number of rotatable bonds is 9. The van der Waals surface area contributed by atoms with Crippen molar-refractivity contribution in [3.63, 3.8) is 0 Å². The highest BCUT2D eigenvalue weighted by Crippen LogP contribution is 2.36. The maximum atomic E-state index is 12.7. The number of nitrogens with one attached hydrogen (secondary N) is 3. The van der Waals surface area contributed by atoms with Crippen molar-refractivity contribution >= 4 is 29.2 Å². The Morgan fingerprint density at radius 1 is 1.23 bits per heavy atom. The zero-order chi connectivity index (χ0) is 22.5. The van der Waals surface area contributed by atoms with E-state index in [0.29, 0.717) is 40.6 Å². The standard InChI is InChI=1S/C23H30N4O4/c1-6-27(7-2)10-11-31-26-23(29)21-14(3)19(24-15(21)4)13-18-17-9-8-16(30-5)12-20(17)25-22(18)28/h8-9,12-13,24H,6-7,10-11H2,1-5H3,(H,25,28)(H,26,29)/b18-13-. The van der Waals surface area contributed by atoms with Crippen LogP contribution in [0.2, 0.25) is 0 Å². The molecule has 0 radical (unpaired) electrons. The van der Waals surface area contributed by atoms with E-state index in [1.807, 2.05) is 26.0 Å². The van der Waals surface area contributed by atoms with Crippen molar-refractivity contribution in [2.24, 2.45) is 0 Å². The van der Waals surface area contributed by atoms with Crippen molar-refractivity contribution in [2.45, 2.75) is 27.7 Å². The van der Waals surface area contributed by atoms with E-state index >= 15 is 0 Å². The zero-order valence-electron chi connectivity index (χ0n) is 18.7. The molecule has 3 N–H and O–H groups in total. The van der Waals surface area contributed by atoms with Crippen LogP contribution < -0.4 is 15.5 Å². The van der Waals surface area contributed by atoms with Crippen LogP contribution in [0.25, 0.3) is 11.6 Å². The first kappa shape index (κ1) is 22.6. The minimum Gasteiger partial charge on any atom is -0.497 e. The molecule has 1 aromatic carbocycles. The van der Waals surface area contributed by atoms with Gasteiger partial charge in [-0.3, -0.25) is 14.4 Å². The van der Waals surface area contributed by atoms with E-state index in [4.69, 9.17) is 9.57 Å². The number of anilines is 1. The van der Waals surface area contributed by atoms with Crippen LogP contribution in [0.15, 0.2) is 18.2 Å². The molecule has 0 spiro atoms. The number of benzene rings is 1. The van der Waals surface area contributed by atoms with Gasteiger partial charge in [0.2, 0.25) is 0 Å². The number of hydrogen-bond acceptors (Lipinski definition) is 5. The Bertz CT molecular complexity index is 1010. The number of carbonyl (C=O) groups is 2. The van der Waals surface area contributed by atoms with E-state index < -0.39 is 0 Å². The van der Waals surface area contributed by atoms with Gasteiger partial charge in [-0.2, -0.15) is 0 Å². The number of nitrogens with zero attached hydrogens (tertiary/aromatic N) is 1. The molecule has 8 nitrogen and oxygen atoms in total. The number of hydroxylamine groups is 1. The molecule has 0 fully saturated rings. The number of methoxy groups -OCH3 is 1. The van der Waals surface area contributed by atoms with Crippen LogP contribution in [0.5, 0.6) is 5.75 Å². The normalized spacial score (nSPS) is 14.1. The predicted octanol–water partition coefficient (Wildman–Crippen LogP) is 3.14. The van der Waals surface area contributed by atoms with Crippen molar-refractivity contribution in [2.75, 3.05) is 38.7 Å². The van der Waals surface area contributed by atoms with Gasteiger partial charge in [-0.05, 0) is 50.7 Å². The minimum atomic E-state index is -0.309. The quantitative estimate of drug-likeness (QED) is 0.325. The number of ether oxygens (including phenoxy) is 1. The molecule has 2 aromatic rings. The molecule has 166 valence electrons. The second-order valence-corrected chi connectivity index (χ2v) is 7.39. The summed E-state index contributed by atoms with van der Waals surface area (Å²) in [4.78, 5) is 36.0. The van der Waals surface area contributed by atoms with E-state index in [0.717, 1.165) is 30.8 Å². The van der Waals surface area contributed by atoms with E-state index in [9.17, 15) is 9.59 Å². The number of aromatic amines is 1. The average Bonchev–Trinajstić information content (AvgIpc) is 3.22. The first-order valence-corrected chi connectivity index (χ1v) is 10.4. The molecule has 1 aliphatic heterocycles. The van der Waals surface area contributed by atoms with Gasteiger partial charge in [0.05, 0.1) is 30.5 Å². The molecule has 0 saturated carbocycles. The van der Waals surface area contributed by atoms with Gasteiger partial charge in [-0.25, -0.2) is 5.48 Å². The maximum absolute atomic E-state index is 12.7. The summed E-state index contributed by atoms with van der Waals surface area (Å²) in [6, 6.07) is 5.45. The molecule has 31 heavy (non-hydrogen) atoms. The second-order valence-electron chi connectivity index (χ2n) is 7.39. The summed E-state index contributed by atoms with van der Waals surface area (Å²) in [6.07, 6.45) is 1.77. The third-order valence-electron chi connectivity index (χ3n) is 5.57. The number of fused-ring (bicyclic) bond motifs is 1. The van der Waals surface area contributed by atoms with Gasteiger partial charge in [0, 0.05) is 29.6 Å². The molecule has 8 heteroatoms. The van der Waals surface area contributed by atoms with Gasteiger partial charge in [0.25, 0.3) is 11.8 Å². The molecular formula is C23H30N4O4. The van der Waals surface area contributed by atoms with Crippen molar-refractivity contribution in [1.29, 1.82) is 0 Å². The smallest absolute Gasteiger partial charge is 0.276 e. The van der Waals surface area contributed by atoms with Gasteiger partial charge in [0.15, 0.2) is 0 Å². The summed E-state index contributed by atoms with van der Waals surface area (Å²) in [5, 5.41) is 2.85. The van der Waals surface area contributed by atoms with E-state index in [2.05, 4.69) is 34.5 Å². The Morgan fingerprint density at radius 2 is 1.97 bits per heavy atom. The number of carbonyl (C=O) groups excluding carboxylic acids is 2. The molecule has 1 aliphatic rings. The van der Waals surface area contributed by atoms with Crippen LogP contribution in [-0.4, -0.2) is 55.0 Å². The number of amides is 2. The molecule has 0 saturated heterocycles. The molecule has 0 unspecified atom stereocenters. The lowest BCUT2D eigenvalue weighted by molar-refractivity contribution is -0.110. The lowest BCUT2D eigenvalue weighted by Gasteiger charge is -2.17. The first-order valence-electron chi connectivity index (χ1n) is 10.4. The number of likely N-dealkylation sites (N-methyl/N-ethyl adjacent to an activating group) is 1. The fourth-order valence-corrected chi connectivity index (χ4v) is 3.73. The third-order valence-corrected chi connectivity index (χ3v) is 5.57. The van der Waals surface area contributed by atoms with Crippen LogP contribution in [0, 0.1) is 13.8 Å². The highest BCUT2D eigenvalue weighted by Gasteiger charge is 2.26. The highest BCUT2D eigenvalue weighted by atomic mass is 16.7.